The van der Waals surface area contributed by atoms with Gasteiger partial charge in [0.1, 0.15) is 5.82 Å². The van der Waals surface area contributed by atoms with Crippen LogP contribution in [0.15, 0.2) is 18.2 Å². The van der Waals surface area contributed by atoms with Gasteiger partial charge in [0.15, 0.2) is 0 Å². The molecule has 106 valence electrons. The maximum Gasteiger partial charge on any atom is 0.129 e. The van der Waals surface area contributed by atoms with Crippen LogP contribution in [0.3, 0.4) is 0 Å². The van der Waals surface area contributed by atoms with E-state index in [1.54, 1.807) is 12.1 Å². The van der Waals surface area contributed by atoms with Crippen LogP contribution in [0.5, 0.6) is 0 Å². The predicted molar refractivity (Wildman–Crippen MR) is 78.0 cm³/mol. The monoisotopic (exact) mass is 284 g/mol. The standard InChI is InChI=1S/C15H22ClFN2/c1-2-18-10-12-6-3-4-9-19(12)11-13-14(16)7-5-8-15(13)17/h5,7-8,12,18H,2-4,6,9-11H2,1H3. The van der Waals surface area contributed by atoms with Crippen LogP contribution in [0, 0.1) is 5.82 Å². The molecule has 1 aromatic carbocycles. The van der Waals surface area contributed by atoms with Gasteiger partial charge in [-0.05, 0) is 38.1 Å². The van der Waals surface area contributed by atoms with Crippen LogP contribution < -0.4 is 5.32 Å². The zero-order valence-corrected chi connectivity index (χ0v) is 12.2. The number of hydrogen-bond donors (Lipinski definition) is 1. The van der Waals surface area contributed by atoms with Crippen LogP contribution in [0.2, 0.25) is 5.02 Å². The Bertz CT molecular complexity index is 391. The molecule has 1 aromatic rings. The Morgan fingerprint density at radius 3 is 3.00 bits per heavy atom. The molecule has 4 heteroatoms. The van der Waals surface area contributed by atoms with E-state index in [9.17, 15) is 4.39 Å². The molecule has 0 radical (unpaired) electrons. The number of piperidine rings is 1. The molecular weight excluding hydrogens is 263 g/mol. The number of benzene rings is 1. The Hall–Kier alpha value is -0.640. The highest BCUT2D eigenvalue weighted by atomic mass is 35.5. The summed E-state index contributed by atoms with van der Waals surface area (Å²) in [6, 6.07) is 5.41. The molecule has 19 heavy (non-hydrogen) atoms. The van der Waals surface area contributed by atoms with Crippen molar-refractivity contribution in [3.8, 4) is 0 Å². The second-order valence-electron chi connectivity index (χ2n) is 5.13. The third kappa shape index (κ3) is 3.91. The zero-order valence-electron chi connectivity index (χ0n) is 11.5. The van der Waals surface area contributed by atoms with E-state index in [2.05, 4.69) is 17.1 Å². The van der Waals surface area contributed by atoms with E-state index in [1.165, 1.54) is 25.3 Å². The van der Waals surface area contributed by atoms with Gasteiger partial charge in [-0.3, -0.25) is 4.90 Å². The van der Waals surface area contributed by atoms with Crippen LogP contribution in [0.4, 0.5) is 4.39 Å². The predicted octanol–water partition coefficient (Wildman–Crippen LogP) is 3.44. The van der Waals surface area contributed by atoms with Crippen molar-refractivity contribution in [1.29, 1.82) is 0 Å². The van der Waals surface area contributed by atoms with Crippen molar-refractivity contribution in [2.45, 2.75) is 38.8 Å². The molecule has 2 rings (SSSR count). The lowest BCUT2D eigenvalue weighted by atomic mass is 10.0. The lowest BCUT2D eigenvalue weighted by Crippen LogP contribution is -2.45. The van der Waals surface area contributed by atoms with Crippen molar-refractivity contribution < 1.29 is 4.39 Å². The molecule has 1 N–H and O–H groups in total. The Labute approximate surface area is 119 Å². The third-order valence-corrected chi connectivity index (χ3v) is 4.16. The molecule has 0 bridgehead atoms. The molecule has 1 unspecified atom stereocenters. The van der Waals surface area contributed by atoms with Crippen molar-refractivity contribution >= 4 is 11.6 Å². The highest BCUT2D eigenvalue weighted by molar-refractivity contribution is 6.31. The van der Waals surface area contributed by atoms with E-state index in [0.717, 1.165) is 19.6 Å². The smallest absolute Gasteiger partial charge is 0.129 e. The molecule has 2 nitrogen and oxygen atoms in total. The minimum absolute atomic E-state index is 0.194. The van der Waals surface area contributed by atoms with Crippen molar-refractivity contribution in [2.75, 3.05) is 19.6 Å². The zero-order chi connectivity index (χ0) is 13.7. The van der Waals surface area contributed by atoms with Crippen molar-refractivity contribution in [1.82, 2.24) is 10.2 Å². The van der Waals surface area contributed by atoms with Gasteiger partial charge in [-0.25, -0.2) is 4.39 Å². The number of rotatable bonds is 5. The van der Waals surface area contributed by atoms with Crippen molar-refractivity contribution in [3.05, 3.63) is 34.6 Å². The summed E-state index contributed by atoms with van der Waals surface area (Å²) in [5.41, 5.74) is 0.632. The Morgan fingerprint density at radius 2 is 2.26 bits per heavy atom. The fourth-order valence-electron chi connectivity index (χ4n) is 2.70. The molecule has 0 aromatic heterocycles. The summed E-state index contributed by atoms with van der Waals surface area (Å²) >= 11 is 6.12. The summed E-state index contributed by atoms with van der Waals surface area (Å²) in [6.45, 7) is 5.70. The molecule has 0 spiro atoms. The van der Waals surface area contributed by atoms with Gasteiger partial charge in [0, 0.05) is 29.7 Å². The molecule has 1 fully saturated rings. The first-order valence-corrected chi connectivity index (χ1v) is 7.47. The summed E-state index contributed by atoms with van der Waals surface area (Å²) < 4.78 is 13.9. The minimum Gasteiger partial charge on any atom is -0.315 e. The van der Waals surface area contributed by atoms with E-state index in [0.29, 0.717) is 23.2 Å². The van der Waals surface area contributed by atoms with Crippen LogP contribution in [-0.2, 0) is 6.54 Å². The first-order valence-electron chi connectivity index (χ1n) is 7.10. The molecule has 0 amide bonds. The van der Waals surface area contributed by atoms with E-state index >= 15 is 0 Å². The minimum atomic E-state index is -0.194. The molecule has 1 atom stereocenters. The molecular formula is C15H22ClFN2. The first-order chi connectivity index (χ1) is 9.22. The SMILES string of the molecule is CCNCC1CCCCN1Cc1c(F)cccc1Cl. The normalized spacial score (nSPS) is 20.7. The van der Waals surface area contributed by atoms with E-state index in [1.807, 2.05) is 0 Å². The van der Waals surface area contributed by atoms with Crippen LogP contribution in [0.25, 0.3) is 0 Å². The summed E-state index contributed by atoms with van der Waals surface area (Å²) in [7, 11) is 0. The number of likely N-dealkylation sites (N-methyl/N-ethyl adjacent to an activating group) is 1. The highest BCUT2D eigenvalue weighted by Gasteiger charge is 2.23. The van der Waals surface area contributed by atoms with Gasteiger partial charge in [0.25, 0.3) is 0 Å². The van der Waals surface area contributed by atoms with Gasteiger partial charge in [0.2, 0.25) is 0 Å². The average Bonchev–Trinajstić information content (AvgIpc) is 2.42. The van der Waals surface area contributed by atoms with Crippen LogP contribution >= 0.6 is 11.6 Å². The van der Waals surface area contributed by atoms with E-state index in [-0.39, 0.29) is 5.82 Å². The Balaban J connectivity index is 2.06. The topological polar surface area (TPSA) is 15.3 Å². The van der Waals surface area contributed by atoms with Gasteiger partial charge < -0.3 is 5.32 Å². The summed E-state index contributed by atoms with van der Waals surface area (Å²) in [6.07, 6.45) is 3.63. The lowest BCUT2D eigenvalue weighted by molar-refractivity contribution is 0.136. The largest absolute Gasteiger partial charge is 0.315 e. The Kier molecular flexibility index (Phi) is 5.61. The number of nitrogens with zero attached hydrogens (tertiary/aromatic N) is 1. The summed E-state index contributed by atoms with van der Waals surface area (Å²) in [5, 5.41) is 3.93. The number of nitrogens with one attached hydrogen (secondary N) is 1. The quantitative estimate of drug-likeness (QED) is 0.891. The fourth-order valence-corrected chi connectivity index (χ4v) is 2.92. The molecule has 1 aliphatic rings. The van der Waals surface area contributed by atoms with Gasteiger partial charge >= 0.3 is 0 Å². The molecule has 0 saturated carbocycles. The first kappa shape index (κ1) is 14.8. The van der Waals surface area contributed by atoms with Crippen LogP contribution in [0.1, 0.15) is 31.7 Å². The number of likely N-dealkylation sites (tertiary alicyclic amines) is 1. The van der Waals surface area contributed by atoms with Crippen molar-refractivity contribution in [3.63, 3.8) is 0 Å². The summed E-state index contributed by atoms with van der Waals surface area (Å²) in [5.74, 6) is -0.194. The lowest BCUT2D eigenvalue weighted by Gasteiger charge is -2.36. The second-order valence-corrected chi connectivity index (χ2v) is 5.54. The molecule has 1 aliphatic heterocycles. The van der Waals surface area contributed by atoms with E-state index < -0.39 is 0 Å². The van der Waals surface area contributed by atoms with Gasteiger partial charge in [-0.2, -0.15) is 0 Å². The van der Waals surface area contributed by atoms with Crippen molar-refractivity contribution in [2.24, 2.45) is 0 Å². The highest BCUT2D eigenvalue weighted by Crippen LogP contribution is 2.25. The van der Waals surface area contributed by atoms with E-state index in [4.69, 9.17) is 11.6 Å². The number of halogens is 2. The average molecular weight is 285 g/mol. The van der Waals surface area contributed by atoms with Crippen LogP contribution in [-0.4, -0.2) is 30.6 Å². The van der Waals surface area contributed by atoms with Gasteiger partial charge in [0.05, 0.1) is 0 Å². The molecule has 1 heterocycles. The number of hydrogen-bond acceptors (Lipinski definition) is 2. The maximum atomic E-state index is 13.9. The second kappa shape index (κ2) is 7.22. The van der Waals surface area contributed by atoms with Gasteiger partial charge in [-0.1, -0.05) is 31.0 Å². The Morgan fingerprint density at radius 1 is 1.42 bits per heavy atom. The maximum absolute atomic E-state index is 13.9. The third-order valence-electron chi connectivity index (χ3n) is 3.80. The summed E-state index contributed by atoms with van der Waals surface area (Å²) in [4.78, 5) is 2.36. The molecule has 0 aliphatic carbocycles. The fraction of sp³-hybridized carbons (Fsp3) is 0.600. The van der Waals surface area contributed by atoms with Gasteiger partial charge in [-0.15, -0.1) is 0 Å². The molecule has 1 saturated heterocycles.